The van der Waals surface area contributed by atoms with E-state index >= 15 is 0 Å². The van der Waals surface area contributed by atoms with Crippen molar-refractivity contribution in [1.29, 1.82) is 0 Å². The lowest BCUT2D eigenvalue weighted by molar-refractivity contribution is 0.102. The molecule has 2 heterocycles. The zero-order valence-corrected chi connectivity index (χ0v) is 10.6. The fourth-order valence-corrected chi connectivity index (χ4v) is 1.40. The van der Waals surface area contributed by atoms with Gasteiger partial charge in [-0.3, -0.25) is 10.1 Å². The van der Waals surface area contributed by atoms with Gasteiger partial charge in [0.05, 0.1) is 11.4 Å². The maximum Gasteiger partial charge on any atom is 0.258 e. The summed E-state index contributed by atoms with van der Waals surface area (Å²) in [5.74, 6) is -0.194. The molecule has 2 aromatic rings. The van der Waals surface area contributed by atoms with Crippen LogP contribution in [0.1, 0.15) is 21.7 Å². The molecule has 0 radical (unpaired) electrons. The van der Waals surface area contributed by atoms with Crippen molar-refractivity contribution >= 4 is 23.5 Å². The van der Waals surface area contributed by atoms with Crippen LogP contribution in [0.5, 0.6) is 0 Å². The van der Waals surface area contributed by atoms with E-state index in [1.165, 1.54) is 12.3 Å². The smallest absolute Gasteiger partial charge is 0.258 e. The van der Waals surface area contributed by atoms with E-state index in [9.17, 15) is 4.79 Å². The fraction of sp³-hybridized carbons (Fsp3) is 0.182. The highest BCUT2D eigenvalue weighted by atomic mass is 35.5. The summed E-state index contributed by atoms with van der Waals surface area (Å²) in [5.41, 5.74) is 1.82. The number of rotatable bonds is 2. The number of amides is 1. The molecule has 0 aliphatic carbocycles. The van der Waals surface area contributed by atoms with Gasteiger partial charge >= 0.3 is 0 Å². The van der Waals surface area contributed by atoms with Crippen LogP contribution in [-0.2, 0) is 0 Å². The van der Waals surface area contributed by atoms with Crippen molar-refractivity contribution in [3.8, 4) is 0 Å². The molecule has 0 saturated heterocycles. The molecule has 0 bridgehead atoms. The number of carbonyl (C=O) groups excluding carboxylic acids is 1. The summed E-state index contributed by atoms with van der Waals surface area (Å²) in [5, 5.41) is 10.5. The molecule has 0 aliphatic heterocycles. The first-order chi connectivity index (χ1) is 8.56. The normalized spacial score (nSPS) is 10.2. The lowest BCUT2D eigenvalue weighted by atomic mass is 10.2. The van der Waals surface area contributed by atoms with Crippen molar-refractivity contribution < 1.29 is 4.79 Å². The molecule has 1 amide bonds. The third-order valence-corrected chi connectivity index (χ3v) is 2.51. The Morgan fingerprint density at radius 2 is 2.06 bits per heavy atom. The third-order valence-electron chi connectivity index (χ3n) is 2.31. The van der Waals surface area contributed by atoms with Gasteiger partial charge in [0.2, 0.25) is 5.95 Å². The van der Waals surface area contributed by atoms with Crippen molar-refractivity contribution in [3.63, 3.8) is 0 Å². The van der Waals surface area contributed by atoms with E-state index in [0.717, 1.165) is 5.69 Å². The van der Waals surface area contributed by atoms with Crippen LogP contribution in [0, 0.1) is 13.8 Å². The van der Waals surface area contributed by atoms with Crippen LogP contribution in [0.3, 0.4) is 0 Å². The van der Waals surface area contributed by atoms with Gasteiger partial charge in [0.15, 0.2) is 0 Å². The Morgan fingerprint density at radius 3 is 2.72 bits per heavy atom. The Hall–Kier alpha value is -2.08. The van der Waals surface area contributed by atoms with E-state index in [-0.39, 0.29) is 17.0 Å². The lowest BCUT2D eigenvalue weighted by Crippen LogP contribution is -2.15. The molecule has 0 saturated carbocycles. The van der Waals surface area contributed by atoms with Crippen LogP contribution in [0.25, 0.3) is 0 Å². The Bertz CT molecular complexity index is 602. The van der Waals surface area contributed by atoms with Crippen LogP contribution < -0.4 is 5.32 Å². The van der Waals surface area contributed by atoms with Crippen molar-refractivity contribution in [2.75, 3.05) is 5.32 Å². The minimum Gasteiger partial charge on any atom is -0.289 e. The number of anilines is 1. The molecule has 0 unspecified atom stereocenters. The molecule has 0 fully saturated rings. The second-order valence-corrected chi connectivity index (χ2v) is 4.01. The number of nitrogens with zero attached hydrogens (tertiary/aromatic N) is 4. The molecule has 0 aromatic carbocycles. The van der Waals surface area contributed by atoms with Gasteiger partial charge in [-0.1, -0.05) is 11.6 Å². The Labute approximate surface area is 108 Å². The van der Waals surface area contributed by atoms with Gasteiger partial charge in [0.1, 0.15) is 5.15 Å². The number of pyridine rings is 1. The van der Waals surface area contributed by atoms with Gasteiger partial charge in [-0.2, -0.15) is 5.10 Å². The summed E-state index contributed by atoms with van der Waals surface area (Å²) < 4.78 is 0. The molecule has 1 N–H and O–H groups in total. The third kappa shape index (κ3) is 2.78. The summed E-state index contributed by atoms with van der Waals surface area (Å²) in [6.07, 6.45) is 1.46. The molecule has 18 heavy (non-hydrogen) atoms. The number of carbonyl (C=O) groups is 1. The predicted molar refractivity (Wildman–Crippen MR) is 66.5 cm³/mol. The molecule has 0 atom stereocenters. The predicted octanol–water partition coefficient (Wildman–Crippen LogP) is 1.79. The van der Waals surface area contributed by atoms with Gasteiger partial charge in [-0.05, 0) is 26.0 Å². The molecule has 2 rings (SSSR count). The van der Waals surface area contributed by atoms with E-state index in [2.05, 4.69) is 25.5 Å². The van der Waals surface area contributed by atoms with Gasteiger partial charge in [0, 0.05) is 11.8 Å². The second-order valence-electron chi connectivity index (χ2n) is 3.63. The molecule has 92 valence electrons. The van der Waals surface area contributed by atoms with Gasteiger partial charge < -0.3 is 0 Å². The number of nitrogens with one attached hydrogen (secondary N) is 1. The van der Waals surface area contributed by atoms with Gasteiger partial charge in [0.25, 0.3) is 5.91 Å². The maximum atomic E-state index is 11.9. The van der Waals surface area contributed by atoms with E-state index in [0.29, 0.717) is 11.3 Å². The average molecular weight is 264 g/mol. The average Bonchev–Trinajstić information content (AvgIpc) is 2.34. The highest BCUT2D eigenvalue weighted by Crippen LogP contribution is 2.09. The summed E-state index contributed by atoms with van der Waals surface area (Å²) in [6, 6.07) is 3.01. The number of halogens is 1. The largest absolute Gasteiger partial charge is 0.289 e. The monoisotopic (exact) mass is 263 g/mol. The molecule has 7 heteroatoms. The minimum atomic E-state index is -0.357. The summed E-state index contributed by atoms with van der Waals surface area (Å²) in [7, 11) is 0. The fourth-order valence-electron chi connectivity index (χ4n) is 1.23. The number of hydrogen-bond acceptors (Lipinski definition) is 5. The zero-order valence-electron chi connectivity index (χ0n) is 9.81. The first-order valence-corrected chi connectivity index (χ1v) is 5.55. The SMILES string of the molecule is Cc1nnc(NC(=O)c2ccnc(Cl)c2)nc1C. The number of hydrogen-bond donors (Lipinski definition) is 1. The summed E-state index contributed by atoms with van der Waals surface area (Å²) in [4.78, 5) is 19.8. The Kier molecular flexibility index (Phi) is 3.47. The highest BCUT2D eigenvalue weighted by molar-refractivity contribution is 6.29. The van der Waals surface area contributed by atoms with Gasteiger partial charge in [-0.15, -0.1) is 5.10 Å². The molecule has 6 nitrogen and oxygen atoms in total. The Morgan fingerprint density at radius 1 is 1.28 bits per heavy atom. The van der Waals surface area contributed by atoms with Crippen molar-refractivity contribution in [3.05, 3.63) is 40.4 Å². The standard InChI is InChI=1S/C11H10ClN5O/c1-6-7(2)16-17-11(14-6)15-10(18)8-3-4-13-9(12)5-8/h3-5H,1-2H3,(H,14,15,17,18). The number of aromatic nitrogens is 4. The maximum absolute atomic E-state index is 11.9. The quantitative estimate of drug-likeness (QED) is 0.836. The van der Waals surface area contributed by atoms with E-state index in [1.54, 1.807) is 19.9 Å². The van der Waals surface area contributed by atoms with E-state index in [4.69, 9.17) is 11.6 Å². The first kappa shape index (κ1) is 12.4. The van der Waals surface area contributed by atoms with Crippen LogP contribution in [-0.4, -0.2) is 26.1 Å². The second kappa shape index (κ2) is 5.05. The molecule has 0 aliphatic rings. The molecule has 0 spiro atoms. The zero-order chi connectivity index (χ0) is 13.1. The summed E-state index contributed by atoms with van der Waals surface area (Å²) >= 11 is 5.70. The topological polar surface area (TPSA) is 80.7 Å². The number of aryl methyl sites for hydroxylation is 2. The first-order valence-electron chi connectivity index (χ1n) is 5.17. The van der Waals surface area contributed by atoms with Crippen molar-refractivity contribution in [1.82, 2.24) is 20.2 Å². The lowest BCUT2D eigenvalue weighted by Gasteiger charge is -2.04. The summed E-state index contributed by atoms with van der Waals surface area (Å²) in [6.45, 7) is 3.59. The van der Waals surface area contributed by atoms with Crippen LogP contribution in [0.2, 0.25) is 5.15 Å². The van der Waals surface area contributed by atoms with Crippen molar-refractivity contribution in [2.24, 2.45) is 0 Å². The minimum absolute atomic E-state index is 0.163. The van der Waals surface area contributed by atoms with Gasteiger partial charge in [-0.25, -0.2) is 9.97 Å². The van der Waals surface area contributed by atoms with Crippen LogP contribution >= 0.6 is 11.6 Å². The highest BCUT2D eigenvalue weighted by Gasteiger charge is 2.09. The molecule has 2 aromatic heterocycles. The van der Waals surface area contributed by atoms with Crippen LogP contribution in [0.15, 0.2) is 18.3 Å². The Balaban J connectivity index is 2.18. The van der Waals surface area contributed by atoms with E-state index < -0.39 is 0 Å². The molecular formula is C11H10ClN5O. The van der Waals surface area contributed by atoms with Crippen LogP contribution in [0.4, 0.5) is 5.95 Å². The molecular weight excluding hydrogens is 254 g/mol. The van der Waals surface area contributed by atoms with E-state index in [1.807, 2.05) is 0 Å². The van der Waals surface area contributed by atoms with Crippen molar-refractivity contribution in [2.45, 2.75) is 13.8 Å².